The van der Waals surface area contributed by atoms with E-state index in [4.69, 9.17) is 20.6 Å². The van der Waals surface area contributed by atoms with E-state index in [1.807, 2.05) is 34.9 Å². The van der Waals surface area contributed by atoms with Gasteiger partial charge in [0.2, 0.25) is 5.96 Å². The lowest BCUT2D eigenvalue weighted by Crippen LogP contribution is -2.49. The molecule has 7 heteroatoms. The van der Waals surface area contributed by atoms with E-state index in [2.05, 4.69) is 55.1 Å². The highest BCUT2D eigenvalue weighted by Gasteiger charge is 2.27. The summed E-state index contributed by atoms with van der Waals surface area (Å²) in [4.78, 5) is 13.9. The van der Waals surface area contributed by atoms with E-state index in [9.17, 15) is 0 Å². The molecule has 1 saturated heterocycles. The van der Waals surface area contributed by atoms with Crippen molar-refractivity contribution in [3.63, 3.8) is 0 Å². The summed E-state index contributed by atoms with van der Waals surface area (Å²) in [6, 6.07) is 17.1. The van der Waals surface area contributed by atoms with E-state index in [0.29, 0.717) is 6.04 Å². The predicted molar refractivity (Wildman–Crippen MR) is 130 cm³/mol. The maximum Gasteiger partial charge on any atom is 0.215 e. The lowest BCUT2D eigenvalue weighted by atomic mass is 10.00. The van der Waals surface area contributed by atoms with Gasteiger partial charge in [-0.15, -0.1) is 0 Å². The molecular formula is C26H32N6O. The van der Waals surface area contributed by atoms with Gasteiger partial charge in [-0.3, -0.25) is 25.5 Å². The molecule has 172 valence electrons. The number of pyridine rings is 2. The molecule has 0 saturated carbocycles. The van der Waals surface area contributed by atoms with Crippen LogP contribution in [-0.4, -0.2) is 50.1 Å². The van der Waals surface area contributed by atoms with E-state index in [-0.39, 0.29) is 5.96 Å². The molecule has 3 aromatic rings. The topological polar surface area (TPSA) is 88.4 Å². The van der Waals surface area contributed by atoms with Crippen LogP contribution in [0.2, 0.25) is 0 Å². The van der Waals surface area contributed by atoms with Crippen LogP contribution in [0.3, 0.4) is 0 Å². The molecule has 7 nitrogen and oxygen atoms in total. The number of likely N-dealkylation sites (tertiary alicyclic amines) is 1. The zero-order valence-corrected chi connectivity index (χ0v) is 19.3. The monoisotopic (exact) mass is 444 g/mol. The highest BCUT2D eigenvalue weighted by atomic mass is 16.5. The molecular weight excluding hydrogens is 412 g/mol. The summed E-state index contributed by atoms with van der Waals surface area (Å²) in [6.45, 7) is 7.11. The average Bonchev–Trinajstić information content (AvgIpc) is 2.85. The third kappa shape index (κ3) is 5.56. The van der Waals surface area contributed by atoms with E-state index < -0.39 is 0 Å². The predicted octanol–water partition coefficient (Wildman–Crippen LogP) is 4.14. The molecule has 0 unspecified atom stereocenters. The molecule has 33 heavy (non-hydrogen) atoms. The number of hydrogen-bond donors (Lipinski definition) is 3. The third-order valence-corrected chi connectivity index (χ3v) is 6.41. The third-order valence-electron chi connectivity index (χ3n) is 6.41. The Balaban J connectivity index is 1.61. The Hall–Kier alpha value is -3.29. The van der Waals surface area contributed by atoms with Crippen LogP contribution in [0.1, 0.15) is 35.4 Å². The number of hydrogen-bond acceptors (Lipinski definition) is 5. The molecule has 4 rings (SSSR count). The Morgan fingerprint density at radius 3 is 2.48 bits per heavy atom. The first-order valence-electron chi connectivity index (χ1n) is 11.4. The maximum atomic E-state index is 9.10. The molecule has 1 aromatic carbocycles. The van der Waals surface area contributed by atoms with Gasteiger partial charge in [-0.05, 0) is 49.4 Å². The van der Waals surface area contributed by atoms with E-state index in [1.54, 1.807) is 0 Å². The normalized spacial score (nSPS) is 14.5. The molecule has 1 aliphatic rings. The van der Waals surface area contributed by atoms with Gasteiger partial charge >= 0.3 is 0 Å². The zero-order chi connectivity index (χ0) is 23.2. The molecule has 0 aliphatic carbocycles. The summed E-state index contributed by atoms with van der Waals surface area (Å²) in [5.41, 5.74) is 8.81. The first-order chi connectivity index (χ1) is 16.0. The molecule has 2 aromatic heterocycles. The van der Waals surface area contributed by atoms with Gasteiger partial charge in [-0.1, -0.05) is 42.5 Å². The van der Waals surface area contributed by atoms with Crippen LogP contribution in [0.15, 0.2) is 60.9 Å². The number of piperidine rings is 1. The highest BCUT2D eigenvalue weighted by Crippen LogP contribution is 2.27. The van der Waals surface area contributed by atoms with Gasteiger partial charge in [0.15, 0.2) is 0 Å². The van der Waals surface area contributed by atoms with Crippen molar-refractivity contribution in [2.75, 3.05) is 13.1 Å². The molecule has 3 N–H and O–H groups in total. The van der Waals surface area contributed by atoms with Crippen molar-refractivity contribution in [3.8, 4) is 11.1 Å². The van der Waals surface area contributed by atoms with Gasteiger partial charge in [-0.2, -0.15) is 0 Å². The average molecular weight is 445 g/mol. The fraction of sp³-hybridized carbons (Fsp3) is 0.346. The summed E-state index contributed by atoms with van der Waals surface area (Å²) in [5, 5.41) is 17.0. The lowest BCUT2D eigenvalue weighted by Gasteiger charge is -2.39. The number of benzene rings is 1. The quantitative estimate of drug-likeness (QED) is 0.301. The van der Waals surface area contributed by atoms with Crippen molar-refractivity contribution in [1.29, 1.82) is 5.41 Å². The van der Waals surface area contributed by atoms with Crippen LogP contribution < -0.4 is 5.48 Å². The summed E-state index contributed by atoms with van der Waals surface area (Å²) in [7, 11) is 0. The Morgan fingerprint density at radius 2 is 1.79 bits per heavy atom. The second-order valence-electron chi connectivity index (χ2n) is 8.72. The fourth-order valence-electron chi connectivity index (χ4n) is 4.58. The molecule has 3 heterocycles. The van der Waals surface area contributed by atoms with Gasteiger partial charge in [0, 0.05) is 50.2 Å². The molecule has 0 atom stereocenters. The minimum atomic E-state index is 0.0622. The molecule has 0 radical (unpaired) electrons. The van der Waals surface area contributed by atoms with Gasteiger partial charge in [0.25, 0.3) is 0 Å². The smallest absolute Gasteiger partial charge is 0.215 e. The summed E-state index contributed by atoms with van der Waals surface area (Å²) >= 11 is 0. The van der Waals surface area contributed by atoms with Crippen molar-refractivity contribution in [2.24, 2.45) is 0 Å². The molecule has 0 bridgehead atoms. The number of rotatable bonds is 6. The first-order valence-corrected chi connectivity index (χ1v) is 11.4. The summed E-state index contributed by atoms with van der Waals surface area (Å²) < 4.78 is 0. The number of nitrogens with zero attached hydrogens (tertiary/aromatic N) is 4. The minimum absolute atomic E-state index is 0.0622. The minimum Gasteiger partial charge on any atom is -0.341 e. The number of hydroxylamine groups is 1. The maximum absolute atomic E-state index is 9.10. The first kappa shape index (κ1) is 22.9. The standard InChI is InChI=1S/C26H32N6O/c1-19-15-20(2)24(29-16-19)17-32(22-10-13-31(14-11-22)26(27)30-33)18-25-23(9-6-12-28-25)21-7-4-3-5-8-21/h3-9,12,15-16,22,33H,10-11,13-14,17-18H2,1-2H3,(H2,27,30). The van der Waals surface area contributed by atoms with Crippen molar-refractivity contribution in [3.05, 3.63) is 83.4 Å². The molecule has 1 aliphatic heterocycles. The second-order valence-corrected chi connectivity index (χ2v) is 8.72. The Labute approximate surface area is 195 Å². The fourth-order valence-corrected chi connectivity index (χ4v) is 4.58. The van der Waals surface area contributed by atoms with Crippen molar-refractivity contribution in [2.45, 2.75) is 45.8 Å². The summed E-state index contributed by atoms with van der Waals surface area (Å²) in [6.07, 6.45) is 5.62. The highest BCUT2D eigenvalue weighted by molar-refractivity contribution is 5.75. The SMILES string of the molecule is Cc1cnc(CN(Cc2ncccc2-c2ccccc2)C2CCN(C(=N)NO)CC2)c(C)c1. The number of nitrogens with one attached hydrogen (secondary N) is 2. The summed E-state index contributed by atoms with van der Waals surface area (Å²) in [5.74, 6) is 0.0622. The molecule has 0 spiro atoms. The second kappa shape index (κ2) is 10.6. The number of aromatic nitrogens is 2. The molecule has 1 fully saturated rings. The van der Waals surface area contributed by atoms with Crippen LogP contribution in [0.25, 0.3) is 11.1 Å². The van der Waals surface area contributed by atoms with E-state index >= 15 is 0 Å². The Kier molecular flexibility index (Phi) is 7.32. The molecule has 0 amide bonds. The van der Waals surface area contributed by atoms with Gasteiger partial charge in [0.1, 0.15) is 0 Å². The van der Waals surface area contributed by atoms with Crippen LogP contribution in [0.4, 0.5) is 0 Å². The van der Waals surface area contributed by atoms with Crippen LogP contribution >= 0.6 is 0 Å². The van der Waals surface area contributed by atoms with Gasteiger partial charge in [-0.25, -0.2) is 5.48 Å². The van der Waals surface area contributed by atoms with Gasteiger partial charge in [0.05, 0.1) is 11.4 Å². The van der Waals surface area contributed by atoms with E-state index in [0.717, 1.165) is 56.0 Å². The van der Waals surface area contributed by atoms with Crippen molar-refractivity contribution >= 4 is 5.96 Å². The zero-order valence-electron chi connectivity index (χ0n) is 19.3. The van der Waals surface area contributed by atoms with Crippen molar-refractivity contribution in [1.82, 2.24) is 25.2 Å². The van der Waals surface area contributed by atoms with Crippen LogP contribution in [-0.2, 0) is 13.1 Å². The number of aryl methyl sites for hydroxylation is 2. The largest absolute Gasteiger partial charge is 0.341 e. The Morgan fingerprint density at radius 1 is 1.06 bits per heavy atom. The Bertz CT molecular complexity index is 1080. The van der Waals surface area contributed by atoms with E-state index in [1.165, 1.54) is 16.7 Å². The number of guanidine groups is 1. The van der Waals surface area contributed by atoms with Crippen LogP contribution in [0, 0.1) is 19.3 Å². The lowest BCUT2D eigenvalue weighted by molar-refractivity contribution is 0.111. The van der Waals surface area contributed by atoms with Crippen LogP contribution in [0.5, 0.6) is 0 Å². The van der Waals surface area contributed by atoms with Gasteiger partial charge < -0.3 is 4.90 Å². The van der Waals surface area contributed by atoms with Crippen molar-refractivity contribution < 1.29 is 5.21 Å².